The number of rotatable bonds is 7. The van der Waals surface area contributed by atoms with E-state index < -0.39 is 7.12 Å². The molecule has 0 saturated heterocycles. The Morgan fingerprint density at radius 3 is 2.16 bits per heavy atom. The summed E-state index contributed by atoms with van der Waals surface area (Å²) in [6, 6.07) is 7.20. The van der Waals surface area contributed by atoms with Gasteiger partial charge in [-0.1, -0.05) is 43.3 Å². The van der Waals surface area contributed by atoms with Crippen LogP contribution in [-0.2, 0) is 6.54 Å². The lowest BCUT2D eigenvalue weighted by atomic mass is 9.80. The molecular weight excluding hydrogens is 237 g/mol. The molecule has 0 unspecified atom stereocenters. The topological polar surface area (TPSA) is 52.5 Å². The Hall–Kier alpha value is -1.36. The Balaban J connectivity index is 0.000000711. The van der Waals surface area contributed by atoms with E-state index in [-0.39, 0.29) is 0 Å². The van der Waals surface area contributed by atoms with Crippen molar-refractivity contribution in [2.24, 2.45) is 0 Å². The molecule has 1 rings (SSSR count). The fraction of sp³-hybridized carbons (Fsp3) is 0.333. The molecular formula is C15H24BNO2. The van der Waals surface area contributed by atoms with Crippen LogP contribution in [0.3, 0.4) is 0 Å². The van der Waals surface area contributed by atoms with Crippen LogP contribution in [0.2, 0.25) is 0 Å². The van der Waals surface area contributed by atoms with Gasteiger partial charge in [-0.2, -0.15) is 0 Å². The standard InChI is InChI=1S/C11H16BNO2.C4H8/c1-2-3-8-13-9-10-4-6-11(7-5-10)12(14)15;1-3-4-2/h2,4-7,13-15H,1,3,8-9H2;3H,1,4H2,2H3. The second kappa shape index (κ2) is 11.7. The highest BCUT2D eigenvalue weighted by Gasteiger charge is 2.09. The van der Waals surface area contributed by atoms with Gasteiger partial charge in [-0.15, -0.1) is 13.2 Å². The van der Waals surface area contributed by atoms with Crippen molar-refractivity contribution in [1.29, 1.82) is 0 Å². The fourth-order valence-electron chi connectivity index (χ4n) is 1.24. The second-order valence-electron chi connectivity index (χ2n) is 4.07. The summed E-state index contributed by atoms with van der Waals surface area (Å²) in [4.78, 5) is 0. The Morgan fingerprint density at radius 1 is 1.16 bits per heavy atom. The Kier molecular flexibility index (Phi) is 10.9. The third kappa shape index (κ3) is 9.25. The summed E-state index contributed by atoms with van der Waals surface area (Å²) in [6.07, 6.45) is 5.78. The average Bonchev–Trinajstić information content (AvgIpc) is 2.44. The van der Waals surface area contributed by atoms with E-state index in [1.807, 2.05) is 24.3 Å². The molecule has 3 N–H and O–H groups in total. The third-order valence-electron chi connectivity index (χ3n) is 2.42. The molecule has 0 bridgehead atoms. The Morgan fingerprint density at radius 2 is 1.74 bits per heavy atom. The first-order valence-electron chi connectivity index (χ1n) is 6.53. The molecule has 0 fully saturated rings. The summed E-state index contributed by atoms with van der Waals surface area (Å²) in [5.41, 5.74) is 1.65. The molecule has 0 aliphatic carbocycles. The van der Waals surface area contributed by atoms with Crippen LogP contribution in [0.1, 0.15) is 25.3 Å². The molecule has 19 heavy (non-hydrogen) atoms. The van der Waals surface area contributed by atoms with E-state index in [4.69, 9.17) is 10.0 Å². The quantitative estimate of drug-likeness (QED) is 0.397. The molecule has 0 aromatic heterocycles. The van der Waals surface area contributed by atoms with Gasteiger partial charge in [0, 0.05) is 6.54 Å². The first kappa shape index (κ1) is 17.6. The molecule has 4 heteroatoms. The first-order valence-corrected chi connectivity index (χ1v) is 6.53. The molecule has 104 valence electrons. The van der Waals surface area contributed by atoms with E-state index >= 15 is 0 Å². The van der Waals surface area contributed by atoms with Crippen LogP contribution in [0.4, 0.5) is 0 Å². The Labute approximate surface area is 116 Å². The van der Waals surface area contributed by atoms with E-state index in [1.165, 1.54) is 0 Å². The number of nitrogens with one attached hydrogen (secondary N) is 1. The van der Waals surface area contributed by atoms with Crippen LogP contribution >= 0.6 is 0 Å². The summed E-state index contributed by atoms with van der Waals surface area (Å²) in [5, 5.41) is 21.0. The third-order valence-corrected chi connectivity index (χ3v) is 2.42. The lowest BCUT2D eigenvalue weighted by molar-refractivity contribution is 0.426. The van der Waals surface area contributed by atoms with Crippen molar-refractivity contribution in [2.75, 3.05) is 6.54 Å². The lowest BCUT2D eigenvalue weighted by Gasteiger charge is -2.04. The van der Waals surface area contributed by atoms with Crippen LogP contribution in [0.25, 0.3) is 0 Å². The van der Waals surface area contributed by atoms with Crippen LogP contribution in [0, 0.1) is 0 Å². The minimum absolute atomic E-state index is 0.518. The summed E-state index contributed by atoms with van der Waals surface area (Å²) in [6.45, 7) is 10.9. The molecule has 0 saturated carbocycles. The van der Waals surface area contributed by atoms with Crippen molar-refractivity contribution in [3.63, 3.8) is 0 Å². The maximum absolute atomic E-state index is 8.89. The van der Waals surface area contributed by atoms with Gasteiger partial charge in [0.25, 0.3) is 0 Å². The van der Waals surface area contributed by atoms with Crippen LogP contribution in [0.15, 0.2) is 49.6 Å². The van der Waals surface area contributed by atoms with E-state index in [0.29, 0.717) is 5.46 Å². The van der Waals surface area contributed by atoms with Crippen LogP contribution in [-0.4, -0.2) is 23.7 Å². The fourth-order valence-corrected chi connectivity index (χ4v) is 1.24. The van der Waals surface area contributed by atoms with Gasteiger partial charge >= 0.3 is 7.12 Å². The SMILES string of the molecule is C=CCC.C=CCCNCc1ccc(B(O)O)cc1. The first-order chi connectivity index (χ1) is 9.15. The molecule has 0 spiro atoms. The van der Waals surface area contributed by atoms with Crippen molar-refractivity contribution >= 4 is 12.6 Å². The normalized spacial score (nSPS) is 9.21. The zero-order chi connectivity index (χ0) is 14.5. The molecule has 1 aromatic carbocycles. The zero-order valence-electron chi connectivity index (χ0n) is 11.7. The largest absolute Gasteiger partial charge is 0.488 e. The molecule has 1 aromatic rings. The van der Waals surface area contributed by atoms with Gasteiger partial charge in [0.05, 0.1) is 0 Å². The smallest absolute Gasteiger partial charge is 0.423 e. The van der Waals surface area contributed by atoms with Crippen LogP contribution < -0.4 is 10.8 Å². The zero-order valence-corrected chi connectivity index (χ0v) is 11.7. The molecule has 0 aliphatic rings. The van der Waals surface area contributed by atoms with Gasteiger partial charge in [-0.05, 0) is 30.4 Å². The number of allylic oxidation sites excluding steroid dienone is 1. The van der Waals surface area contributed by atoms with Gasteiger partial charge < -0.3 is 15.4 Å². The highest BCUT2D eigenvalue weighted by molar-refractivity contribution is 6.58. The number of hydrogen-bond acceptors (Lipinski definition) is 3. The van der Waals surface area contributed by atoms with Crippen molar-refractivity contribution in [2.45, 2.75) is 26.3 Å². The van der Waals surface area contributed by atoms with Crippen LogP contribution in [0.5, 0.6) is 0 Å². The predicted molar refractivity (Wildman–Crippen MR) is 83.3 cm³/mol. The van der Waals surface area contributed by atoms with Crippen molar-refractivity contribution in [3.8, 4) is 0 Å². The number of benzene rings is 1. The van der Waals surface area contributed by atoms with E-state index in [2.05, 4.69) is 25.4 Å². The molecule has 0 atom stereocenters. The molecule has 3 nitrogen and oxygen atoms in total. The average molecular weight is 261 g/mol. The second-order valence-corrected chi connectivity index (χ2v) is 4.07. The van der Waals surface area contributed by atoms with Gasteiger partial charge in [0.15, 0.2) is 0 Å². The Bertz CT molecular complexity index is 350. The summed E-state index contributed by atoms with van der Waals surface area (Å²) < 4.78 is 0. The van der Waals surface area contributed by atoms with E-state index in [1.54, 1.807) is 12.1 Å². The predicted octanol–water partition coefficient (Wildman–Crippen LogP) is 1.61. The van der Waals surface area contributed by atoms with Gasteiger partial charge in [-0.25, -0.2) is 0 Å². The van der Waals surface area contributed by atoms with E-state index in [9.17, 15) is 0 Å². The van der Waals surface area contributed by atoms with Gasteiger partial charge in [0.2, 0.25) is 0 Å². The summed E-state index contributed by atoms with van der Waals surface area (Å²) in [5.74, 6) is 0. The maximum Gasteiger partial charge on any atom is 0.488 e. The monoisotopic (exact) mass is 261 g/mol. The molecule has 0 aliphatic heterocycles. The minimum Gasteiger partial charge on any atom is -0.423 e. The van der Waals surface area contributed by atoms with Gasteiger partial charge in [-0.3, -0.25) is 0 Å². The lowest BCUT2D eigenvalue weighted by Crippen LogP contribution is -2.29. The van der Waals surface area contributed by atoms with Gasteiger partial charge in [0.1, 0.15) is 0 Å². The highest BCUT2D eigenvalue weighted by atomic mass is 16.4. The maximum atomic E-state index is 8.89. The van der Waals surface area contributed by atoms with Crippen molar-refractivity contribution in [1.82, 2.24) is 5.32 Å². The summed E-state index contributed by atoms with van der Waals surface area (Å²) in [7, 11) is -1.38. The summed E-state index contributed by atoms with van der Waals surface area (Å²) >= 11 is 0. The van der Waals surface area contributed by atoms with Crippen molar-refractivity contribution in [3.05, 3.63) is 55.1 Å². The molecule has 0 heterocycles. The van der Waals surface area contributed by atoms with Crippen molar-refractivity contribution < 1.29 is 10.0 Å². The molecule has 0 radical (unpaired) electrons. The minimum atomic E-state index is -1.38. The van der Waals surface area contributed by atoms with E-state index in [0.717, 1.165) is 31.5 Å². The molecule has 0 amide bonds. The number of hydrogen-bond donors (Lipinski definition) is 3. The highest BCUT2D eigenvalue weighted by Crippen LogP contribution is 1.96.